The molecule has 0 unspecified atom stereocenters. The molecule has 1 aromatic heterocycles. The summed E-state index contributed by atoms with van der Waals surface area (Å²) >= 11 is 5.77. The second-order valence-electron chi connectivity index (χ2n) is 4.38. The Morgan fingerprint density at radius 2 is 2.30 bits per heavy atom. The van der Waals surface area contributed by atoms with E-state index in [1.165, 1.54) is 6.07 Å². The van der Waals surface area contributed by atoms with Gasteiger partial charge in [-0.3, -0.25) is 14.8 Å². The Labute approximate surface area is 121 Å². The van der Waals surface area contributed by atoms with Crippen LogP contribution in [0.3, 0.4) is 0 Å². The monoisotopic (exact) mass is 294 g/mol. The molecule has 106 valence electrons. The molecule has 0 amide bonds. The van der Waals surface area contributed by atoms with E-state index in [1.807, 2.05) is 10.9 Å². The second kappa shape index (κ2) is 6.38. The first-order valence-corrected chi connectivity index (χ1v) is 6.67. The summed E-state index contributed by atoms with van der Waals surface area (Å²) in [5, 5.41) is 18.6. The maximum Gasteiger partial charge on any atom is 0.293 e. The van der Waals surface area contributed by atoms with E-state index in [0.717, 1.165) is 18.5 Å². The molecule has 0 aliphatic rings. The molecule has 1 aromatic carbocycles. The summed E-state index contributed by atoms with van der Waals surface area (Å²) in [6, 6.07) is 4.57. The third-order valence-electron chi connectivity index (χ3n) is 2.78. The van der Waals surface area contributed by atoms with E-state index in [1.54, 1.807) is 18.3 Å². The number of aromatic nitrogens is 2. The van der Waals surface area contributed by atoms with E-state index in [0.29, 0.717) is 17.3 Å². The molecule has 7 heteroatoms. The highest BCUT2D eigenvalue weighted by molar-refractivity contribution is 6.30. The first-order chi connectivity index (χ1) is 9.60. The average Bonchev–Trinajstić information content (AvgIpc) is 2.85. The number of halogens is 1. The van der Waals surface area contributed by atoms with Gasteiger partial charge in [0.2, 0.25) is 0 Å². The predicted molar refractivity (Wildman–Crippen MR) is 78.0 cm³/mol. The van der Waals surface area contributed by atoms with E-state index in [9.17, 15) is 10.1 Å². The van der Waals surface area contributed by atoms with Crippen LogP contribution >= 0.6 is 11.6 Å². The van der Waals surface area contributed by atoms with Gasteiger partial charge in [-0.25, -0.2) is 0 Å². The normalized spacial score (nSPS) is 10.5. The molecule has 0 atom stereocenters. The largest absolute Gasteiger partial charge is 0.375 e. The summed E-state index contributed by atoms with van der Waals surface area (Å²) in [7, 11) is 0. The third kappa shape index (κ3) is 3.48. The van der Waals surface area contributed by atoms with Crippen LogP contribution in [0, 0.1) is 10.1 Å². The molecular weight excluding hydrogens is 280 g/mol. The average molecular weight is 295 g/mol. The highest BCUT2D eigenvalue weighted by Gasteiger charge is 2.14. The van der Waals surface area contributed by atoms with E-state index >= 15 is 0 Å². The van der Waals surface area contributed by atoms with Gasteiger partial charge in [-0.05, 0) is 18.6 Å². The lowest BCUT2D eigenvalue weighted by atomic mass is 10.2. The van der Waals surface area contributed by atoms with Gasteiger partial charge in [0.05, 0.1) is 11.1 Å². The topological polar surface area (TPSA) is 73.0 Å². The molecule has 0 fully saturated rings. The van der Waals surface area contributed by atoms with Crippen LogP contribution in [0.1, 0.15) is 18.9 Å². The minimum Gasteiger partial charge on any atom is -0.375 e. The van der Waals surface area contributed by atoms with Crippen molar-refractivity contribution in [3.63, 3.8) is 0 Å². The highest BCUT2D eigenvalue weighted by Crippen LogP contribution is 2.28. The number of hydrogen-bond donors (Lipinski definition) is 1. The maximum absolute atomic E-state index is 11.0. The van der Waals surface area contributed by atoms with Crippen LogP contribution in [0.4, 0.5) is 11.4 Å². The van der Waals surface area contributed by atoms with Gasteiger partial charge in [-0.1, -0.05) is 18.5 Å². The Kier molecular flexibility index (Phi) is 4.57. The van der Waals surface area contributed by atoms with Crippen molar-refractivity contribution in [2.24, 2.45) is 0 Å². The minimum absolute atomic E-state index is 0.0292. The van der Waals surface area contributed by atoms with E-state index in [2.05, 4.69) is 17.3 Å². The molecule has 1 N–H and O–H groups in total. The zero-order chi connectivity index (χ0) is 14.5. The van der Waals surface area contributed by atoms with Crippen LogP contribution in [0.25, 0.3) is 0 Å². The van der Waals surface area contributed by atoms with Gasteiger partial charge in [0.1, 0.15) is 5.69 Å². The van der Waals surface area contributed by atoms with Crippen molar-refractivity contribution in [2.75, 3.05) is 5.32 Å². The molecule has 0 aliphatic heterocycles. The summed E-state index contributed by atoms with van der Waals surface area (Å²) < 4.78 is 1.85. The lowest BCUT2D eigenvalue weighted by Crippen LogP contribution is -2.02. The summed E-state index contributed by atoms with van der Waals surface area (Å²) in [4.78, 5) is 10.5. The molecule has 0 bridgehead atoms. The van der Waals surface area contributed by atoms with Gasteiger partial charge in [0.15, 0.2) is 0 Å². The van der Waals surface area contributed by atoms with Gasteiger partial charge in [0, 0.05) is 35.9 Å². The quantitative estimate of drug-likeness (QED) is 0.654. The Hall–Kier alpha value is -2.08. The number of nitro groups is 1. The first-order valence-electron chi connectivity index (χ1n) is 6.29. The van der Waals surface area contributed by atoms with Gasteiger partial charge in [-0.15, -0.1) is 0 Å². The number of rotatable bonds is 6. The third-order valence-corrected chi connectivity index (χ3v) is 3.01. The molecule has 2 rings (SSSR count). The smallest absolute Gasteiger partial charge is 0.293 e. The molecule has 0 radical (unpaired) electrons. The Bertz CT molecular complexity index is 612. The van der Waals surface area contributed by atoms with Crippen LogP contribution in [0.2, 0.25) is 5.02 Å². The Morgan fingerprint density at radius 3 is 3.00 bits per heavy atom. The molecule has 6 nitrogen and oxygen atoms in total. The van der Waals surface area contributed by atoms with Gasteiger partial charge < -0.3 is 5.32 Å². The van der Waals surface area contributed by atoms with Crippen LogP contribution < -0.4 is 5.32 Å². The summed E-state index contributed by atoms with van der Waals surface area (Å²) in [5.74, 6) is 0. The highest BCUT2D eigenvalue weighted by atomic mass is 35.5. The molecule has 2 aromatic rings. The van der Waals surface area contributed by atoms with E-state index in [-0.39, 0.29) is 5.69 Å². The first kappa shape index (κ1) is 14.3. The summed E-state index contributed by atoms with van der Waals surface area (Å²) in [5.41, 5.74) is 1.39. The number of hydrogen-bond acceptors (Lipinski definition) is 4. The van der Waals surface area contributed by atoms with Crippen LogP contribution in [0.5, 0.6) is 0 Å². The SMILES string of the molecule is CCCn1cc(CNc2ccc(Cl)cc2[N+](=O)[O-])cn1. The molecule has 0 saturated carbocycles. The van der Waals surface area contributed by atoms with Crippen molar-refractivity contribution in [2.45, 2.75) is 26.4 Å². The fourth-order valence-electron chi connectivity index (χ4n) is 1.85. The predicted octanol–water partition coefficient (Wildman–Crippen LogP) is 3.47. The van der Waals surface area contributed by atoms with Crippen LogP contribution in [-0.4, -0.2) is 14.7 Å². The molecule has 0 aliphatic carbocycles. The maximum atomic E-state index is 11.0. The standard InChI is InChI=1S/C13H15ClN4O2/c1-2-5-17-9-10(8-16-17)7-15-12-4-3-11(14)6-13(12)18(19)20/h3-4,6,8-9,15H,2,5,7H2,1H3. The van der Waals surface area contributed by atoms with Gasteiger partial charge >= 0.3 is 0 Å². The number of nitro benzene ring substituents is 1. The Balaban J connectivity index is 2.08. The molecule has 1 heterocycles. The fourth-order valence-corrected chi connectivity index (χ4v) is 2.02. The fraction of sp³-hybridized carbons (Fsp3) is 0.308. The zero-order valence-corrected chi connectivity index (χ0v) is 11.8. The molecular formula is C13H15ClN4O2. The van der Waals surface area contributed by atoms with Gasteiger partial charge in [-0.2, -0.15) is 5.10 Å². The van der Waals surface area contributed by atoms with Crippen molar-refractivity contribution in [3.05, 3.63) is 51.3 Å². The van der Waals surface area contributed by atoms with Crippen molar-refractivity contribution in [3.8, 4) is 0 Å². The summed E-state index contributed by atoms with van der Waals surface area (Å²) in [6.45, 7) is 3.42. The van der Waals surface area contributed by atoms with E-state index in [4.69, 9.17) is 11.6 Å². The zero-order valence-electron chi connectivity index (χ0n) is 11.0. The van der Waals surface area contributed by atoms with E-state index < -0.39 is 4.92 Å². The van der Waals surface area contributed by atoms with Crippen LogP contribution in [0.15, 0.2) is 30.6 Å². The summed E-state index contributed by atoms with van der Waals surface area (Å²) in [6.07, 6.45) is 4.69. The minimum atomic E-state index is -0.450. The number of anilines is 1. The molecule has 0 spiro atoms. The second-order valence-corrected chi connectivity index (χ2v) is 4.82. The number of benzene rings is 1. The number of nitrogens with zero attached hydrogens (tertiary/aromatic N) is 3. The lowest BCUT2D eigenvalue weighted by Gasteiger charge is -2.06. The van der Waals surface area contributed by atoms with Crippen LogP contribution in [-0.2, 0) is 13.1 Å². The molecule has 0 saturated heterocycles. The lowest BCUT2D eigenvalue weighted by molar-refractivity contribution is -0.383. The van der Waals surface area contributed by atoms with Crippen molar-refractivity contribution < 1.29 is 4.92 Å². The van der Waals surface area contributed by atoms with Crippen molar-refractivity contribution in [1.82, 2.24) is 9.78 Å². The van der Waals surface area contributed by atoms with Crippen molar-refractivity contribution >= 4 is 23.0 Å². The molecule has 20 heavy (non-hydrogen) atoms. The number of nitrogens with one attached hydrogen (secondary N) is 1. The Morgan fingerprint density at radius 1 is 1.50 bits per heavy atom. The van der Waals surface area contributed by atoms with Gasteiger partial charge in [0.25, 0.3) is 5.69 Å². The number of aryl methyl sites for hydroxylation is 1. The van der Waals surface area contributed by atoms with Crippen molar-refractivity contribution in [1.29, 1.82) is 0 Å².